The summed E-state index contributed by atoms with van der Waals surface area (Å²) in [5.74, 6) is 3.78. The van der Waals surface area contributed by atoms with E-state index >= 15 is 0 Å². The Morgan fingerprint density at radius 1 is 1.15 bits per heavy atom. The molecule has 26 heavy (non-hydrogen) atoms. The number of guanidine groups is 1. The Balaban J connectivity index is 1.63. The van der Waals surface area contributed by atoms with Crippen LogP contribution in [-0.4, -0.2) is 33.8 Å². The summed E-state index contributed by atoms with van der Waals surface area (Å²) >= 11 is 0. The number of aromatic nitrogens is 3. The highest BCUT2D eigenvalue weighted by Crippen LogP contribution is 2.42. The molecule has 146 valence electrons. The molecule has 6 heteroatoms. The molecule has 0 spiro atoms. The van der Waals surface area contributed by atoms with Crippen molar-refractivity contribution in [2.75, 3.05) is 13.1 Å². The first kappa shape index (κ1) is 19.2. The summed E-state index contributed by atoms with van der Waals surface area (Å²) in [5.41, 5.74) is 0.443. The normalized spacial score (nSPS) is 19.6. The summed E-state index contributed by atoms with van der Waals surface area (Å²) < 4.78 is 2.26. The van der Waals surface area contributed by atoms with Crippen molar-refractivity contribution < 1.29 is 0 Å². The van der Waals surface area contributed by atoms with E-state index in [1.165, 1.54) is 44.9 Å². The second-order valence-electron chi connectivity index (χ2n) is 8.49. The molecule has 0 amide bonds. The third-order valence-electron chi connectivity index (χ3n) is 5.80. The summed E-state index contributed by atoms with van der Waals surface area (Å²) in [6.45, 7) is 10.3. The van der Waals surface area contributed by atoms with Crippen molar-refractivity contribution in [3.63, 3.8) is 0 Å². The monoisotopic (exact) mass is 360 g/mol. The minimum atomic E-state index is 0.443. The van der Waals surface area contributed by atoms with Crippen LogP contribution in [-0.2, 0) is 19.5 Å². The lowest BCUT2D eigenvalue weighted by Gasteiger charge is -2.32. The van der Waals surface area contributed by atoms with Crippen LogP contribution in [0.5, 0.6) is 0 Å². The fourth-order valence-corrected chi connectivity index (χ4v) is 4.69. The van der Waals surface area contributed by atoms with Crippen LogP contribution in [0, 0.1) is 11.3 Å². The molecule has 1 fully saturated rings. The zero-order valence-corrected chi connectivity index (χ0v) is 16.9. The van der Waals surface area contributed by atoms with Gasteiger partial charge in [0.05, 0.1) is 0 Å². The fraction of sp³-hybridized carbons (Fsp3) is 0.850. The third-order valence-corrected chi connectivity index (χ3v) is 5.80. The number of hydrogen-bond acceptors (Lipinski definition) is 3. The SMILES string of the molecule is CCNC(=NCc1nnc2n1CCCC2)NCC1(CC(C)C)CCCC1. The van der Waals surface area contributed by atoms with E-state index in [0.29, 0.717) is 12.0 Å². The molecule has 3 rings (SSSR count). The first-order chi connectivity index (χ1) is 12.6. The van der Waals surface area contributed by atoms with Crippen molar-refractivity contribution in [1.82, 2.24) is 25.4 Å². The molecule has 0 aromatic carbocycles. The average Bonchev–Trinajstić information content (AvgIpc) is 3.24. The van der Waals surface area contributed by atoms with Gasteiger partial charge < -0.3 is 15.2 Å². The molecule has 6 nitrogen and oxygen atoms in total. The zero-order chi connectivity index (χ0) is 18.4. The van der Waals surface area contributed by atoms with E-state index in [-0.39, 0.29) is 0 Å². The lowest BCUT2D eigenvalue weighted by molar-refractivity contribution is 0.234. The predicted octanol–water partition coefficient (Wildman–Crippen LogP) is 3.28. The number of nitrogens with zero attached hydrogens (tertiary/aromatic N) is 4. The Morgan fingerprint density at radius 2 is 1.96 bits per heavy atom. The van der Waals surface area contributed by atoms with Gasteiger partial charge in [0.1, 0.15) is 12.4 Å². The van der Waals surface area contributed by atoms with Crippen LogP contribution >= 0.6 is 0 Å². The lowest BCUT2D eigenvalue weighted by atomic mass is 9.78. The zero-order valence-electron chi connectivity index (χ0n) is 16.9. The van der Waals surface area contributed by atoms with E-state index in [0.717, 1.165) is 49.6 Å². The average molecular weight is 361 g/mol. The quantitative estimate of drug-likeness (QED) is 0.578. The van der Waals surface area contributed by atoms with Crippen LogP contribution < -0.4 is 10.6 Å². The number of nitrogens with one attached hydrogen (secondary N) is 2. The molecule has 0 radical (unpaired) electrons. The van der Waals surface area contributed by atoms with Gasteiger partial charge in [0.2, 0.25) is 0 Å². The maximum Gasteiger partial charge on any atom is 0.191 e. The van der Waals surface area contributed by atoms with Gasteiger partial charge in [0.25, 0.3) is 0 Å². The Kier molecular flexibility index (Phi) is 6.54. The van der Waals surface area contributed by atoms with Crippen molar-refractivity contribution in [2.24, 2.45) is 16.3 Å². The Morgan fingerprint density at radius 3 is 2.69 bits per heavy atom. The molecule has 1 aromatic heterocycles. The second kappa shape index (κ2) is 8.87. The molecule has 2 N–H and O–H groups in total. The second-order valence-corrected chi connectivity index (χ2v) is 8.49. The van der Waals surface area contributed by atoms with E-state index in [1.54, 1.807) is 0 Å². The molecule has 1 saturated carbocycles. The number of rotatable bonds is 7. The van der Waals surface area contributed by atoms with Gasteiger partial charge in [-0.2, -0.15) is 0 Å². The molecule has 0 unspecified atom stereocenters. The maximum atomic E-state index is 4.81. The van der Waals surface area contributed by atoms with Gasteiger partial charge in [-0.15, -0.1) is 10.2 Å². The highest BCUT2D eigenvalue weighted by molar-refractivity contribution is 5.79. The van der Waals surface area contributed by atoms with Crippen molar-refractivity contribution in [3.8, 4) is 0 Å². The van der Waals surface area contributed by atoms with Gasteiger partial charge in [0.15, 0.2) is 11.8 Å². The first-order valence-electron chi connectivity index (χ1n) is 10.5. The van der Waals surface area contributed by atoms with E-state index in [9.17, 15) is 0 Å². The summed E-state index contributed by atoms with van der Waals surface area (Å²) in [7, 11) is 0. The van der Waals surface area contributed by atoms with Crippen LogP contribution in [0.3, 0.4) is 0 Å². The smallest absolute Gasteiger partial charge is 0.191 e. The molecular formula is C20H36N6. The largest absolute Gasteiger partial charge is 0.357 e. The highest BCUT2D eigenvalue weighted by atomic mass is 15.3. The van der Waals surface area contributed by atoms with E-state index in [4.69, 9.17) is 4.99 Å². The number of fused-ring (bicyclic) bond motifs is 1. The Labute approximate surface area is 158 Å². The van der Waals surface area contributed by atoms with Gasteiger partial charge in [-0.3, -0.25) is 0 Å². The number of aliphatic imine (C=N–C) groups is 1. The number of aryl methyl sites for hydroxylation is 1. The topological polar surface area (TPSA) is 67.1 Å². The van der Waals surface area contributed by atoms with Gasteiger partial charge >= 0.3 is 0 Å². The highest BCUT2D eigenvalue weighted by Gasteiger charge is 2.34. The van der Waals surface area contributed by atoms with Crippen LogP contribution in [0.15, 0.2) is 4.99 Å². The van der Waals surface area contributed by atoms with Crippen molar-refractivity contribution in [3.05, 3.63) is 11.6 Å². The summed E-state index contributed by atoms with van der Waals surface area (Å²) in [5, 5.41) is 15.7. The molecule has 0 bridgehead atoms. The van der Waals surface area contributed by atoms with E-state index in [2.05, 4.69) is 46.2 Å². The van der Waals surface area contributed by atoms with Gasteiger partial charge in [-0.1, -0.05) is 26.7 Å². The molecule has 2 aliphatic rings. The van der Waals surface area contributed by atoms with Crippen LogP contribution in [0.1, 0.15) is 77.4 Å². The maximum absolute atomic E-state index is 4.81. The lowest BCUT2D eigenvalue weighted by Crippen LogP contribution is -2.43. The van der Waals surface area contributed by atoms with Crippen LogP contribution in [0.25, 0.3) is 0 Å². The molecule has 1 aliphatic carbocycles. The van der Waals surface area contributed by atoms with Gasteiger partial charge in [-0.25, -0.2) is 4.99 Å². The van der Waals surface area contributed by atoms with Crippen LogP contribution in [0.4, 0.5) is 0 Å². The minimum Gasteiger partial charge on any atom is -0.357 e. The van der Waals surface area contributed by atoms with Gasteiger partial charge in [0, 0.05) is 26.1 Å². The fourth-order valence-electron chi connectivity index (χ4n) is 4.69. The predicted molar refractivity (Wildman–Crippen MR) is 106 cm³/mol. The van der Waals surface area contributed by atoms with E-state index in [1.807, 2.05) is 0 Å². The van der Waals surface area contributed by atoms with Gasteiger partial charge in [-0.05, 0) is 50.4 Å². The molecule has 1 aliphatic heterocycles. The molecular weight excluding hydrogens is 324 g/mol. The van der Waals surface area contributed by atoms with Crippen molar-refractivity contribution in [1.29, 1.82) is 0 Å². The first-order valence-corrected chi connectivity index (χ1v) is 10.5. The molecule has 0 atom stereocenters. The summed E-state index contributed by atoms with van der Waals surface area (Å²) in [6.07, 6.45) is 10.2. The van der Waals surface area contributed by atoms with Crippen LogP contribution in [0.2, 0.25) is 0 Å². The molecule has 2 heterocycles. The number of hydrogen-bond donors (Lipinski definition) is 2. The molecule has 1 aromatic rings. The molecule has 0 saturated heterocycles. The van der Waals surface area contributed by atoms with Crippen molar-refractivity contribution in [2.45, 2.75) is 85.2 Å². The Hall–Kier alpha value is -1.59. The Bertz CT molecular complexity index is 597. The summed E-state index contributed by atoms with van der Waals surface area (Å²) in [4.78, 5) is 4.81. The standard InChI is InChI=1S/C20H36N6/c1-4-21-19(23-15-20(13-16(2)3)10-6-7-11-20)22-14-18-25-24-17-9-5-8-12-26(17)18/h16H,4-15H2,1-3H3,(H2,21,22,23). The summed E-state index contributed by atoms with van der Waals surface area (Å²) in [6, 6.07) is 0. The third kappa shape index (κ3) is 4.77. The van der Waals surface area contributed by atoms with E-state index < -0.39 is 0 Å². The van der Waals surface area contributed by atoms with Crippen molar-refractivity contribution >= 4 is 5.96 Å². The minimum absolute atomic E-state index is 0.443.